The van der Waals surface area contributed by atoms with E-state index in [0.29, 0.717) is 29.2 Å². The number of hydrogen-bond donors (Lipinski definition) is 1. The molecule has 0 atom stereocenters. The molecule has 0 unspecified atom stereocenters. The van der Waals surface area contributed by atoms with Crippen molar-refractivity contribution in [1.29, 1.82) is 0 Å². The van der Waals surface area contributed by atoms with Crippen LogP contribution in [0.1, 0.15) is 5.82 Å². The molecular formula is C13H12Br2ClN3O2. The lowest BCUT2D eigenvalue weighted by Crippen LogP contribution is -2.02. The third-order valence-corrected chi connectivity index (χ3v) is 3.99. The Morgan fingerprint density at radius 3 is 2.57 bits per heavy atom. The molecule has 2 rings (SSSR count). The first-order chi connectivity index (χ1) is 10.0. The van der Waals surface area contributed by atoms with Crippen LogP contribution in [-0.2, 0) is 11.3 Å². The van der Waals surface area contributed by atoms with Crippen LogP contribution in [0.3, 0.4) is 0 Å². The minimum Gasteiger partial charge on any atom is -0.495 e. The Morgan fingerprint density at radius 1 is 1.14 bits per heavy atom. The molecule has 0 saturated heterocycles. The van der Waals surface area contributed by atoms with Gasteiger partial charge in [0.1, 0.15) is 23.3 Å². The van der Waals surface area contributed by atoms with Gasteiger partial charge in [0.15, 0.2) is 5.82 Å². The fourth-order valence-electron chi connectivity index (χ4n) is 1.64. The second-order valence-electron chi connectivity index (χ2n) is 4.02. The minimum atomic E-state index is 0.292. The Labute approximate surface area is 144 Å². The number of aromatic nitrogens is 2. The first-order valence-corrected chi connectivity index (χ1v) is 7.82. The van der Waals surface area contributed by atoms with Crippen LogP contribution in [-0.4, -0.2) is 24.2 Å². The quantitative estimate of drug-likeness (QED) is 0.696. The molecule has 1 N–H and O–H groups in total. The normalized spacial score (nSPS) is 10.5. The zero-order chi connectivity index (χ0) is 15.4. The van der Waals surface area contributed by atoms with Crippen LogP contribution in [0.25, 0.3) is 0 Å². The second-order valence-corrected chi connectivity index (χ2v) is 6.11. The van der Waals surface area contributed by atoms with E-state index in [1.54, 1.807) is 20.3 Å². The van der Waals surface area contributed by atoms with Gasteiger partial charge in [-0.3, -0.25) is 0 Å². The SMILES string of the molecule is COCc1nc(Cl)cc(Nc2cc(OC)c(Br)cc2Br)n1. The topological polar surface area (TPSA) is 56.3 Å². The van der Waals surface area contributed by atoms with Crippen LogP contribution < -0.4 is 10.1 Å². The standard InChI is InChI=1S/C13H12Br2ClN3O2/c1-20-6-13-18-11(16)5-12(19-13)17-9-4-10(21-2)8(15)3-7(9)14/h3-5H,6H2,1-2H3,(H,17,18,19). The summed E-state index contributed by atoms with van der Waals surface area (Å²) in [6.07, 6.45) is 0. The maximum atomic E-state index is 5.98. The van der Waals surface area contributed by atoms with Crippen LogP contribution in [0.4, 0.5) is 11.5 Å². The van der Waals surface area contributed by atoms with Crippen molar-refractivity contribution in [2.45, 2.75) is 6.61 Å². The van der Waals surface area contributed by atoms with Crippen LogP contribution in [0.5, 0.6) is 5.75 Å². The monoisotopic (exact) mass is 435 g/mol. The molecule has 0 radical (unpaired) electrons. The third kappa shape index (κ3) is 4.29. The molecule has 0 aliphatic carbocycles. The summed E-state index contributed by atoms with van der Waals surface area (Å²) in [5.41, 5.74) is 0.799. The molecule has 1 aromatic heterocycles. The summed E-state index contributed by atoms with van der Waals surface area (Å²) in [4.78, 5) is 8.41. The highest BCUT2D eigenvalue weighted by Crippen LogP contribution is 2.35. The molecule has 0 aliphatic rings. The smallest absolute Gasteiger partial charge is 0.158 e. The van der Waals surface area contributed by atoms with E-state index in [-0.39, 0.29) is 0 Å². The molecule has 5 nitrogen and oxygen atoms in total. The van der Waals surface area contributed by atoms with Gasteiger partial charge in [-0.15, -0.1) is 0 Å². The van der Waals surface area contributed by atoms with Gasteiger partial charge in [0, 0.05) is 23.7 Å². The maximum Gasteiger partial charge on any atom is 0.158 e. The molecule has 0 aliphatic heterocycles. The lowest BCUT2D eigenvalue weighted by molar-refractivity contribution is 0.178. The number of nitrogens with zero attached hydrogens (tertiary/aromatic N) is 2. The van der Waals surface area contributed by atoms with E-state index in [1.165, 1.54) is 0 Å². The van der Waals surface area contributed by atoms with Gasteiger partial charge in [-0.2, -0.15) is 0 Å². The number of halogens is 3. The van der Waals surface area contributed by atoms with Crippen LogP contribution >= 0.6 is 43.5 Å². The van der Waals surface area contributed by atoms with Gasteiger partial charge in [-0.05, 0) is 37.9 Å². The maximum absolute atomic E-state index is 5.98. The number of hydrogen-bond acceptors (Lipinski definition) is 5. The Balaban J connectivity index is 2.33. The predicted octanol–water partition coefficient (Wildman–Crippen LogP) is 4.55. The molecular weight excluding hydrogens is 425 g/mol. The summed E-state index contributed by atoms with van der Waals surface area (Å²) >= 11 is 12.9. The molecule has 0 spiro atoms. The third-order valence-electron chi connectivity index (χ3n) is 2.52. The van der Waals surface area contributed by atoms with E-state index in [0.717, 1.165) is 14.6 Å². The van der Waals surface area contributed by atoms with Crippen LogP contribution in [0.15, 0.2) is 27.1 Å². The van der Waals surface area contributed by atoms with Crippen molar-refractivity contribution in [2.75, 3.05) is 19.5 Å². The second kappa shape index (κ2) is 7.40. The van der Waals surface area contributed by atoms with Crippen molar-refractivity contribution in [3.63, 3.8) is 0 Å². The van der Waals surface area contributed by atoms with Crippen molar-refractivity contribution >= 4 is 55.0 Å². The van der Waals surface area contributed by atoms with Gasteiger partial charge in [-0.25, -0.2) is 9.97 Å². The fraction of sp³-hybridized carbons (Fsp3) is 0.231. The summed E-state index contributed by atoms with van der Waals surface area (Å²) in [6.45, 7) is 0.292. The van der Waals surface area contributed by atoms with Gasteiger partial charge < -0.3 is 14.8 Å². The molecule has 112 valence electrons. The lowest BCUT2D eigenvalue weighted by atomic mass is 10.3. The molecule has 0 fully saturated rings. The Kier molecular flexibility index (Phi) is 5.80. The molecule has 1 aromatic carbocycles. The number of ether oxygens (including phenoxy) is 2. The van der Waals surface area contributed by atoms with Crippen LogP contribution in [0.2, 0.25) is 5.15 Å². The number of anilines is 2. The van der Waals surface area contributed by atoms with E-state index in [4.69, 9.17) is 21.1 Å². The average molecular weight is 438 g/mol. The van der Waals surface area contributed by atoms with E-state index in [2.05, 4.69) is 47.1 Å². The van der Waals surface area contributed by atoms with Crippen molar-refractivity contribution in [2.24, 2.45) is 0 Å². The highest BCUT2D eigenvalue weighted by atomic mass is 79.9. The predicted molar refractivity (Wildman–Crippen MR) is 89.4 cm³/mol. The van der Waals surface area contributed by atoms with Crippen molar-refractivity contribution in [3.8, 4) is 5.75 Å². The zero-order valence-corrected chi connectivity index (χ0v) is 15.2. The Morgan fingerprint density at radius 2 is 1.90 bits per heavy atom. The molecule has 0 amide bonds. The van der Waals surface area contributed by atoms with Crippen LogP contribution in [0, 0.1) is 0 Å². The van der Waals surface area contributed by atoms with Crippen molar-refractivity contribution in [1.82, 2.24) is 9.97 Å². The van der Waals surface area contributed by atoms with E-state index < -0.39 is 0 Å². The lowest BCUT2D eigenvalue weighted by Gasteiger charge is -2.12. The van der Waals surface area contributed by atoms with Crippen molar-refractivity contribution in [3.05, 3.63) is 38.1 Å². The first-order valence-electron chi connectivity index (χ1n) is 5.86. The van der Waals surface area contributed by atoms with Gasteiger partial charge in [0.2, 0.25) is 0 Å². The number of rotatable bonds is 5. The van der Waals surface area contributed by atoms with Gasteiger partial charge >= 0.3 is 0 Å². The molecule has 0 bridgehead atoms. The van der Waals surface area contributed by atoms with Gasteiger partial charge in [0.05, 0.1) is 17.3 Å². The summed E-state index contributed by atoms with van der Waals surface area (Å²) < 4.78 is 12.0. The summed E-state index contributed by atoms with van der Waals surface area (Å²) in [7, 11) is 3.18. The molecule has 21 heavy (non-hydrogen) atoms. The largest absolute Gasteiger partial charge is 0.495 e. The van der Waals surface area contributed by atoms with E-state index in [9.17, 15) is 0 Å². The van der Waals surface area contributed by atoms with Gasteiger partial charge in [-0.1, -0.05) is 11.6 Å². The van der Waals surface area contributed by atoms with E-state index >= 15 is 0 Å². The highest BCUT2D eigenvalue weighted by molar-refractivity contribution is 9.11. The molecule has 0 saturated carbocycles. The zero-order valence-electron chi connectivity index (χ0n) is 11.3. The summed E-state index contributed by atoms with van der Waals surface area (Å²) in [6, 6.07) is 5.38. The minimum absolute atomic E-state index is 0.292. The number of benzene rings is 1. The Hall–Kier alpha value is -0.890. The van der Waals surface area contributed by atoms with Crippen molar-refractivity contribution < 1.29 is 9.47 Å². The number of nitrogens with one attached hydrogen (secondary N) is 1. The fourth-order valence-corrected chi connectivity index (χ4v) is 3.10. The Bertz CT molecular complexity index is 656. The molecule has 1 heterocycles. The number of methoxy groups -OCH3 is 2. The summed E-state index contributed by atoms with van der Waals surface area (Å²) in [5.74, 6) is 1.79. The molecule has 8 heteroatoms. The molecule has 2 aromatic rings. The van der Waals surface area contributed by atoms with E-state index in [1.807, 2.05) is 12.1 Å². The van der Waals surface area contributed by atoms with Gasteiger partial charge in [0.25, 0.3) is 0 Å². The summed E-state index contributed by atoms with van der Waals surface area (Å²) in [5, 5.41) is 3.52. The average Bonchev–Trinajstić information content (AvgIpc) is 2.41. The first kappa shape index (κ1) is 16.5. The highest BCUT2D eigenvalue weighted by Gasteiger charge is 2.09.